The number of aromatic amines is 1. The molecule has 1 amide bonds. The largest absolute Gasteiger partial charge is 0.350 e. The molecule has 0 spiro atoms. The van der Waals surface area contributed by atoms with Gasteiger partial charge in [0.1, 0.15) is 23.4 Å². The van der Waals surface area contributed by atoms with Crippen molar-refractivity contribution < 1.29 is 9.18 Å². The zero-order valence-electron chi connectivity index (χ0n) is 14.0. The van der Waals surface area contributed by atoms with Crippen LogP contribution in [0.5, 0.6) is 0 Å². The Kier molecular flexibility index (Phi) is 4.37. The molecule has 8 heteroatoms. The minimum atomic E-state index is -0.518. The summed E-state index contributed by atoms with van der Waals surface area (Å²) in [5.41, 5.74) is 2.08. The summed E-state index contributed by atoms with van der Waals surface area (Å²) in [6, 6.07) is 11.7. The molecule has 2 heterocycles. The average molecular weight is 385 g/mol. The Morgan fingerprint density at radius 1 is 1.26 bits per heavy atom. The van der Waals surface area contributed by atoms with E-state index in [1.165, 1.54) is 29.1 Å². The summed E-state index contributed by atoms with van der Waals surface area (Å²) in [5, 5.41) is 3.53. The standard InChI is InChI=1S/C19H14ClFN4O2/c20-13-7-11(5-6-14(13)21)8-22-16(26)9-25-10-23-17-12-3-1-2-4-15(12)24-18(17)19(25)27/h1-7,10,24H,8-9H2,(H,22,26). The fourth-order valence-electron chi connectivity index (χ4n) is 2.91. The number of benzene rings is 2. The number of hydrogen-bond acceptors (Lipinski definition) is 3. The lowest BCUT2D eigenvalue weighted by Crippen LogP contribution is -2.32. The first-order valence-corrected chi connectivity index (χ1v) is 8.57. The van der Waals surface area contributed by atoms with Gasteiger partial charge in [-0.2, -0.15) is 0 Å². The number of carbonyl (C=O) groups is 1. The zero-order valence-corrected chi connectivity index (χ0v) is 14.8. The molecule has 0 unspecified atom stereocenters. The van der Waals surface area contributed by atoms with Gasteiger partial charge in [0.2, 0.25) is 5.91 Å². The molecular formula is C19H14ClFN4O2. The maximum absolute atomic E-state index is 13.2. The molecule has 0 atom stereocenters. The molecule has 0 aliphatic rings. The molecule has 0 bridgehead atoms. The van der Waals surface area contributed by atoms with E-state index in [0.29, 0.717) is 16.6 Å². The number of para-hydroxylation sites is 1. The van der Waals surface area contributed by atoms with E-state index in [4.69, 9.17) is 11.6 Å². The van der Waals surface area contributed by atoms with Gasteiger partial charge in [-0.15, -0.1) is 0 Å². The third-order valence-corrected chi connectivity index (χ3v) is 4.56. The quantitative estimate of drug-likeness (QED) is 0.567. The van der Waals surface area contributed by atoms with Gasteiger partial charge >= 0.3 is 0 Å². The Labute approximate surface area is 157 Å². The van der Waals surface area contributed by atoms with Crippen LogP contribution in [0.2, 0.25) is 5.02 Å². The fourth-order valence-corrected chi connectivity index (χ4v) is 3.12. The summed E-state index contributed by atoms with van der Waals surface area (Å²) in [7, 11) is 0. The number of rotatable bonds is 4. The van der Waals surface area contributed by atoms with E-state index >= 15 is 0 Å². The maximum Gasteiger partial charge on any atom is 0.278 e. The molecule has 4 rings (SSSR count). The van der Waals surface area contributed by atoms with Gasteiger partial charge in [0.25, 0.3) is 5.56 Å². The molecule has 0 radical (unpaired) electrons. The molecule has 2 aromatic heterocycles. The monoisotopic (exact) mass is 384 g/mol. The molecule has 0 saturated carbocycles. The Morgan fingerprint density at radius 3 is 2.89 bits per heavy atom. The second-order valence-electron chi connectivity index (χ2n) is 6.10. The van der Waals surface area contributed by atoms with Crippen LogP contribution in [0, 0.1) is 5.82 Å². The van der Waals surface area contributed by atoms with Crippen molar-refractivity contribution in [3.63, 3.8) is 0 Å². The Hall–Kier alpha value is -3.19. The van der Waals surface area contributed by atoms with Crippen LogP contribution >= 0.6 is 11.6 Å². The summed E-state index contributed by atoms with van der Waals surface area (Å²) in [5.74, 6) is -0.884. The Morgan fingerprint density at radius 2 is 2.07 bits per heavy atom. The van der Waals surface area contributed by atoms with Gasteiger partial charge in [-0.1, -0.05) is 35.9 Å². The van der Waals surface area contributed by atoms with Crippen LogP contribution in [-0.2, 0) is 17.9 Å². The van der Waals surface area contributed by atoms with Crippen LogP contribution in [0.3, 0.4) is 0 Å². The molecule has 0 fully saturated rings. The highest BCUT2D eigenvalue weighted by Crippen LogP contribution is 2.20. The van der Waals surface area contributed by atoms with E-state index in [9.17, 15) is 14.0 Å². The van der Waals surface area contributed by atoms with Crippen LogP contribution in [0.15, 0.2) is 53.6 Å². The maximum atomic E-state index is 13.2. The lowest BCUT2D eigenvalue weighted by Gasteiger charge is -2.08. The van der Waals surface area contributed by atoms with E-state index in [-0.39, 0.29) is 29.6 Å². The van der Waals surface area contributed by atoms with E-state index < -0.39 is 5.82 Å². The number of hydrogen-bond donors (Lipinski definition) is 2. The molecule has 4 aromatic rings. The van der Waals surface area contributed by atoms with Crippen molar-refractivity contribution in [2.75, 3.05) is 0 Å². The molecule has 6 nitrogen and oxygen atoms in total. The number of aromatic nitrogens is 3. The summed E-state index contributed by atoms with van der Waals surface area (Å²) in [6.45, 7) is 0.00170. The predicted octanol–water partition coefficient (Wildman–Crippen LogP) is 2.99. The fraction of sp³-hybridized carbons (Fsp3) is 0.105. The van der Waals surface area contributed by atoms with Crippen LogP contribution in [0.1, 0.15) is 5.56 Å². The lowest BCUT2D eigenvalue weighted by molar-refractivity contribution is -0.121. The van der Waals surface area contributed by atoms with Crippen LogP contribution < -0.4 is 10.9 Å². The number of nitrogens with zero attached hydrogens (tertiary/aromatic N) is 2. The molecule has 0 saturated heterocycles. The van der Waals surface area contributed by atoms with Gasteiger partial charge in [-0.3, -0.25) is 14.2 Å². The second kappa shape index (κ2) is 6.85. The number of amides is 1. The van der Waals surface area contributed by atoms with Crippen molar-refractivity contribution in [1.82, 2.24) is 19.9 Å². The van der Waals surface area contributed by atoms with E-state index in [1.54, 1.807) is 0 Å². The van der Waals surface area contributed by atoms with E-state index in [1.807, 2.05) is 24.3 Å². The molecule has 0 aliphatic carbocycles. The topological polar surface area (TPSA) is 79.8 Å². The number of H-pyrrole nitrogens is 1. The van der Waals surface area contributed by atoms with Crippen molar-refractivity contribution in [3.8, 4) is 0 Å². The van der Waals surface area contributed by atoms with Crippen molar-refractivity contribution in [1.29, 1.82) is 0 Å². The molecule has 2 aromatic carbocycles. The number of nitrogens with one attached hydrogen (secondary N) is 2. The molecular weight excluding hydrogens is 371 g/mol. The number of halogens is 2. The molecule has 27 heavy (non-hydrogen) atoms. The Bertz CT molecular complexity index is 1230. The molecule has 2 N–H and O–H groups in total. The first-order valence-electron chi connectivity index (χ1n) is 8.19. The SMILES string of the molecule is O=C(Cn1cnc2c([nH]c3ccccc32)c1=O)NCc1ccc(F)c(Cl)c1. The van der Waals surface area contributed by atoms with Gasteiger partial charge in [0.05, 0.1) is 11.3 Å². The Balaban J connectivity index is 1.53. The molecule has 0 aliphatic heterocycles. The summed E-state index contributed by atoms with van der Waals surface area (Å²) >= 11 is 5.72. The average Bonchev–Trinajstić information content (AvgIpc) is 3.04. The van der Waals surface area contributed by atoms with Gasteiger partial charge in [-0.05, 0) is 23.8 Å². The van der Waals surface area contributed by atoms with Crippen LogP contribution in [0.25, 0.3) is 21.9 Å². The van der Waals surface area contributed by atoms with Gasteiger partial charge in [0, 0.05) is 17.4 Å². The third-order valence-electron chi connectivity index (χ3n) is 4.27. The summed E-state index contributed by atoms with van der Waals surface area (Å²) in [4.78, 5) is 32.2. The van der Waals surface area contributed by atoms with Crippen LogP contribution in [-0.4, -0.2) is 20.4 Å². The highest BCUT2D eigenvalue weighted by molar-refractivity contribution is 6.30. The summed E-state index contributed by atoms with van der Waals surface area (Å²) in [6.07, 6.45) is 1.36. The minimum absolute atomic E-state index is 0.00793. The zero-order chi connectivity index (χ0) is 19.0. The van der Waals surface area contributed by atoms with Crippen molar-refractivity contribution in [3.05, 3.63) is 75.5 Å². The number of fused-ring (bicyclic) bond motifs is 3. The normalized spacial score (nSPS) is 11.2. The third kappa shape index (κ3) is 3.29. The highest BCUT2D eigenvalue weighted by Gasteiger charge is 2.12. The van der Waals surface area contributed by atoms with Gasteiger partial charge in [-0.25, -0.2) is 9.37 Å². The predicted molar refractivity (Wildman–Crippen MR) is 101 cm³/mol. The van der Waals surface area contributed by atoms with Crippen LogP contribution in [0.4, 0.5) is 4.39 Å². The van der Waals surface area contributed by atoms with E-state index in [2.05, 4.69) is 15.3 Å². The molecule has 136 valence electrons. The first-order chi connectivity index (χ1) is 13.0. The van der Waals surface area contributed by atoms with Crippen molar-refractivity contribution >= 4 is 39.4 Å². The smallest absolute Gasteiger partial charge is 0.278 e. The van der Waals surface area contributed by atoms with Crippen molar-refractivity contribution in [2.45, 2.75) is 13.1 Å². The highest BCUT2D eigenvalue weighted by atomic mass is 35.5. The number of carbonyl (C=O) groups excluding carboxylic acids is 1. The van der Waals surface area contributed by atoms with Gasteiger partial charge in [0.15, 0.2) is 0 Å². The minimum Gasteiger partial charge on any atom is -0.350 e. The second-order valence-corrected chi connectivity index (χ2v) is 6.50. The van der Waals surface area contributed by atoms with Crippen molar-refractivity contribution in [2.24, 2.45) is 0 Å². The van der Waals surface area contributed by atoms with Gasteiger partial charge < -0.3 is 10.3 Å². The first kappa shape index (κ1) is 17.2. The lowest BCUT2D eigenvalue weighted by atomic mass is 10.2. The summed E-state index contributed by atoms with van der Waals surface area (Å²) < 4.78 is 14.4. The van der Waals surface area contributed by atoms with E-state index in [0.717, 1.165) is 10.9 Å².